The molecule has 15 nitrogen and oxygen atoms in total. The van der Waals surface area contributed by atoms with Crippen molar-refractivity contribution in [2.45, 2.75) is 24.4 Å². The van der Waals surface area contributed by atoms with Gasteiger partial charge in [-0.3, -0.25) is 29.0 Å². The third-order valence-corrected chi connectivity index (χ3v) is 8.76. The number of nitrogens with zero attached hydrogens (tertiary/aromatic N) is 4. The topological polar surface area (TPSA) is 207 Å². The van der Waals surface area contributed by atoms with Crippen LogP contribution >= 0.6 is 11.8 Å². The number of β-lactam (4-membered cyclic amide) rings is 1. The number of hydrogen-bond acceptors (Lipinski definition) is 10. The standard InChI is InChI=1S/C30H26N6O9S/c1-16(37)45-14-20-15-46-27-22(26(40)36(27)23(20)28(41)42)32-24(38)21(18-5-3-2-4-6-18)33-29(43)35-12-11-34(30(35)44)25(39)19-9-7-17(13-31)8-10-19/h2-10,21-22,27H,11-12,14-15H2,1H3,(H,32,38)(H,33,43)(H,41,42)/t21-,22?,27-/m1/s1. The molecule has 3 aliphatic rings. The molecule has 236 valence electrons. The second kappa shape index (κ2) is 13.1. The Morgan fingerprint density at radius 2 is 1.72 bits per heavy atom. The van der Waals surface area contributed by atoms with E-state index >= 15 is 0 Å². The average molecular weight is 647 g/mol. The summed E-state index contributed by atoms with van der Waals surface area (Å²) in [4.78, 5) is 92.0. The van der Waals surface area contributed by atoms with Crippen LogP contribution in [0, 0.1) is 11.3 Å². The second-order valence-electron chi connectivity index (χ2n) is 10.3. The predicted octanol–water partition coefficient (Wildman–Crippen LogP) is 1.19. The van der Waals surface area contributed by atoms with Crippen LogP contribution in [0.4, 0.5) is 9.59 Å². The number of benzene rings is 2. The molecular formula is C30H26N6O9S. The van der Waals surface area contributed by atoms with Gasteiger partial charge in [0, 0.05) is 30.4 Å². The van der Waals surface area contributed by atoms with Crippen LogP contribution in [0.3, 0.4) is 0 Å². The van der Waals surface area contributed by atoms with Crippen LogP contribution in [-0.2, 0) is 23.9 Å². The average Bonchev–Trinajstić information content (AvgIpc) is 3.45. The predicted molar refractivity (Wildman–Crippen MR) is 158 cm³/mol. The summed E-state index contributed by atoms with van der Waals surface area (Å²) < 4.78 is 4.93. The Balaban J connectivity index is 1.29. The van der Waals surface area contributed by atoms with Crippen molar-refractivity contribution in [3.05, 3.63) is 82.6 Å². The van der Waals surface area contributed by atoms with E-state index in [4.69, 9.17) is 10.00 Å². The number of carboxylic acid groups (broad SMARTS) is 1. The Bertz CT molecular complexity index is 1710. The number of rotatable bonds is 8. The smallest absolute Gasteiger partial charge is 0.352 e. The van der Waals surface area contributed by atoms with E-state index in [1.165, 1.54) is 43.0 Å². The molecule has 0 aromatic heterocycles. The van der Waals surface area contributed by atoms with Gasteiger partial charge in [0.05, 0.1) is 18.2 Å². The maximum Gasteiger partial charge on any atom is 0.352 e. The highest BCUT2D eigenvalue weighted by molar-refractivity contribution is 8.00. The molecule has 3 atom stereocenters. The van der Waals surface area contributed by atoms with E-state index in [2.05, 4.69) is 10.6 Å². The monoisotopic (exact) mass is 646 g/mol. The molecule has 16 heteroatoms. The van der Waals surface area contributed by atoms with Crippen molar-refractivity contribution >= 4 is 53.5 Å². The number of nitrogens with one attached hydrogen (secondary N) is 2. The third kappa shape index (κ3) is 6.13. The number of thioether (sulfide) groups is 1. The largest absolute Gasteiger partial charge is 0.477 e. The van der Waals surface area contributed by atoms with Gasteiger partial charge >= 0.3 is 24.0 Å². The van der Waals surface area contributed by atoms with E-state index in [9.17, 15) is 38.7 Å². The molecule has 1 unspecified atom stereocenters. The van der Waals surface area contributed by atoms with Crippen LogP contribution in [-0.4, -0.2) is 98.4 Å². The van der Waals surface area contributed by atoms with Gasteiger partial charge in [0.1, 0.15) is 29.8 Å². The van der Waals surface area contributed by atoms with Crippen molar-refractivity contribution in [3.63, 3.8) is 0 Å². The fourth-order valence-corrected chi connectivity index (χ4v) is 6.45. The van der Waals surface area contributed by atoms with Gasteiger partial charge in [-0.2, -0.15) is 5.26 Å². The summed E-state index contributed by atoms with van der Waals surface area (Å²) >= 11 is 1.18. The summed E-state index contributed by atoms with van der Waals surface area (Å²) in [6.45, 7) is 0.627. The fraction of sp³-hybridized carbons (Fsp3) is 0.267. The zero-order valence-electron chi connectivity index (χ0n) is 24.2. The molecular weight excluding hydrogens is 620 g/mol. The van der Waals surface area contributed by atoms with Gasteiger partial charge in [-0.1, -0.05) is 30.3 Å². The maximum absolute atomic E-state index is 13.6. The minimum atomic E-state index is -1.39. The van der Waals surface area contributed by atoms with Gasteiger partial charge < -0.3 is 20.5 Å². The van der Waals surface area contributed by atoms with E-state index in [0.29, 0.717) is 11.1 Å². The Morgan fingerprint density at radius 1 is 1.04 bits per heavy atom. The van der Waals surface area contributed by atoms with Crippen LogP contribution in [0.1, 0.15) is 34.5 Å². The highest BCUT2D eigenvalue weighted by atomic mass is 32.2. The van der Waals surface area contributed by atoms with Crippen molar-refractivity contribution in [1.29, 1.82) is 5.26 Å². The zero-order valence-corrected chi connectivity index (χ0v) is 25.0. The molecule has 2 fully saturated rings. The molecule has 0 aliphatic carbocycles. The van der Waals surface area contributed by atoms with Crippen LogP contribution in [0.25, 0.3) is 0 Å². The van der Waals surface area contributed by atoms with Crippen molar-refractivity contribution in [2.75, 3.05) is 25.4 Å². The SMILES string of the molecule is CC(=O)OCC1=C(C(=O)O)N2C(=O)C(NC(=O)[C@H](NC(=O)N3CCN(C(=O)c4ccc(C#N)cc4)C3=O)c3ccccc3)[C@H]2SC1. The third-order valence-electron chi connectivity index (χ3n) is 7.42. The van der Waals surface area contributed by atoms with E-state index in [1.54, 1.807) is 30.3 Å². The number of hydrogen-bond donors (Lipinski definition) is 3. The van der Waals surface area contributed by atoms with Crippen molar-refractivity contribution in [2.24, 2.45) is 0 Å². The lowest BCUT2D eigenvalue weighted by molar-refractivity contribution is -0.151. The summed E-state index contributed by atoms with van der Waals surface area (Å²) in [5, 5.41) is 23.1. The normalized spacial score (nSPS) is 19.4. The number of urea groups is 2. The number of carboxylic acids is 1. The minimum absolute atomic E-state index is 0.0997. The van der Waals surface area contributed by atoms with Crippen LogP contribution < -0.4 is 10.6 Å². The lowest BCUT2D eigenvalue weighted by Gasteiger charge is -2.49. The minimum Gasteiger partial charge on any atom is -0.477 e. The van der Waals surface area contributed by atoms with E-state index in [-0.39, 0.29) is 42.3 Å². The maximum atomic E-state index is 13.6. The van der Waals surface area contributed by atoms with E-state index < -0.39 is 59.2 Å². The first-order valence-electron chi connectivity index (χ1n) is 13.8. The molecule has 7 amide bonds. The van der Waals surface area contributed by atoms with Crippen molar-refractivity contribution in [1.82, 2.24) is 25.3 Å². The Labute approximate surface area is 265 Å². The summed E-state index contributed by atoms with van der Waals surface area (Å²) in [6.07, 6.45) is 0. The number of ether oxygens (including phenoxy) is 1. The van der Waals surface area contributed by atoms with Crippen molar-refractivity contribution in [3.8, 4) is 6.07 Å². The molecule has 2 aromatic carbocycles. The molecule has 2 aromatic rings. The quantitative estimate of drug-likeness (QED) is 0.274. The molecule has 5 rings (SSSR count). The van der Waals surface area contributed by atoms with Crippen LogP contribution in [0.15, 0.2) is 65.9 Å². The highest BCUT2D eigenvalue weighted by Crippen LogP contribution is 2.40. The highest BCUT2D eigenvalue weighted by Gasteiger charge is 2.54. The Kier molecular flexibility index (Phi) is 9.05. The number of esters is 1. The first-order chi connectivity index (χ1) is 22.0. The number of fused-ring (bicyclic) bond motifs is 1. The molecule has 46 heavy (non-hydrogen) atoms. The zero-order chi connectivity index (χ0) is 33.1. The van der Waals surface area contributed by atoms with E-state index in [0.717, 1.165) is 14.7 Å². The number of carbonyl (C=O) groups is 7. The summed E-state index contributed by atoms with van der Waals surface area (Å²) in [7, 11) is 0. The van der Waals surface area contributed by atoms with Gasteiger partial charge in [0.2, 0.25) is 5.91 Å². The van der Waals surface area contributed by atoms with Gasteiger partial charge in [-0.05, 0) is 29.8 Å². The van der Waals surface area contributed by atoms with Gasteiger partial charge in [-0.15, -0.1) is 11.8 Å². The number of imide groups is 2. The van der Waals surface area contributed by atoms with Gasteiger partial charge in [-0.25, -0.2) is 19.3 Å². The molecule has 0 bridgehead atoms. The molecule has 3 N–H and O–H groups in total. The van der Waals surface area contributed by atoms with Gasteiger partial charge in [0.25, 0.3) is 11.8 Å². The second-order valence-corrected chi connectivity index (χ2v) is 11.4. The lowest BCUT2D eigenvalue weighted by Crippen LogP contribution is -2.71. The Morgan fingerprint density at radius 3 is 2.35 bits per heavy atom. The first kappa shape index (κ1) is 31.7. The Hall–Kier alpha value is -5.69. The van der Waals surface area contributed by atoms with Gasteiger partial charge in [0.15, 0.2) is 0 Å². The number of nitriles is 1. The van der Waals surface area contributed by atoms with Crippen molar-refractivity contribution < 1.29 is 43.4 Å². The molecule has 0 saturated carbocycles. The molecule has 3 heterocycles. The van der Waals surface area contributed by atoms with Crippen LogP contribution in [0.2, 0.25) is 0 Å². The molecule has 0 spiro atoms. The molecule has 0 radical (unpaired) electrons. The summed E-state index contributed by atoms with van der Waals surface area (Å²) in [6, 6.07) is 11.3. The number of amides is 7. The summed E-state index contributed by atoms with van der Waals surface area (Å²) in [5.41, 5.74) is 0.729. The number of aliphatic carboxylic acids is 1. The van der Waals surface area contributed by atoms with Crippen LogP contribution in [0.5, 0.6) is 0 Å². The number of carbonyl (C=O) groups excluding carboxylic acids is 6. The lowest BCUT2D eigenvalue weighted by atomic mass is 10.0. The molecule has 2 saturated heterocycles. The van der Waals surface area contributed by atoms with E-state index in [1.807, 2.05) is 6.07 Å². The first-order valence-corrected chi connectivity index (χ1v) is 14.9. The molecule has 3 aliphatic heterocycles. The summed E-state index contributed by atoms with van der Waals surface area (Å²) in [5.74, 6) is -4.02. The fourth-order valence-electron chi connectivity index (χ4n) is 5.12.